The number of rotatable bonds is 5. The molecular formula is C12H15NO5S2. The topological polar surface area (TPSA) is 92.7 Å². The summed E-state index contributed by atoms with van der Waals surface area (Å²) in [6.07, 6.45) is 1.31. The molecule has 0 bridgehead atoms. The third-order valence-electron chi connectivity index (χ3n) is 3.56. The van der Waals surface area contributed by atoms with Crippen LogP contribution in [0.4, 0.5) is 0 Å². The van der Waals surface area contributed by atoms with E-state index in [1.165, 1.54) is 11.3 Å². The van der Waals surface area contributed by atoms with Gasteiger partial charge in [-0.05, 0) is 42.2 Å². The van der Waals surface area contributed by atoms with Crippen LogP contribution in [0.3, 0.4) is 0 Å². The number of hydrogen-bond donors (Lipinski definition) is 2. The van der Waals surface area contributed by atoms with Gasteiger partial charge in [0, 0.05) is 6.61 Å². The Morgan fingerprint density at radius 3 is 2.80 bits per heavy atom. The van der Waals surface area contributed by atoms with Crippen LogP contribution in [0, 0.1) is 0 Å². The number of carbonyl (C=O) groups is 1. The largest absolute Gasteiger partial charge is 0.479 e. The van der Waals surface area contributed by atoms with Crippen LogP contribution in [-0.4, -0.2) is 38.2 Å². The van der Waals surface area contributed by atoms with E-state index in [2.05, 4.69) is 4.72 Å². The lowest BCUT2D eigenvalue weighted by Gasteiger charge is -2.16. The molecule has 1 saturated heterocycles. The van der Waals surface area contributed by atoms with Crippen molar-refractivity contribution in [3.63, 3.8) is 0 Å². The van der Waals surface area contributed by atoms with Gasteiger partial charge in [0.25, 0.3) is 10.0 Å². The van der Waals surface area contributed by atoms with Crippen molar-refractivity contribution in [2.45, 2.75) is 41.5 Å². The highest BCUT2D eigenvalue weighted by Crippen LogP contribution is 2.44. The maximum atomic E-state index is 12.4. The Morgan fingerprint density at radius 2 is 2.15 bits per heavy atom. The Morgan fingerprint density at radius 1 is 1.40 bits per heavy atom. The lowest BCUT2D eigenvalue weighted by molar-refractivity contribution is -0.147. The van der Waals surface area contributed by atoms with Gasteiger partial charge in [0.05, 0.1) is 6.04 Å². The lowest BCUT2D eigenvalue weighted by Crippen LogP contribution is -2.43. The van der Waals surface area contributed by atoms with Gasteiger partial charge < -0.3 is 9.84 Å². The van der Waals surface area contributed by atoms with E-state index in [-0.39, 0.29) is 6.61 Å². The fourth-order valence-corrected chi connectivity index (χ4v) is 5.25. The first-order chi connectivity index (χ1) is 9.49. The zero-order valence-corrected chi connectivity index (χ0v) is 12.2. The van der Waals surface area contributed by atoms with Gasteiger partial charge in [-0.25, -0.2) is 17.9 Å². The monoisotopic (exact) mass is 317 g/mol. The van der Waals surface area contributed by atoms with Crippen molar-refractivity contribution in [1.82, 2.24) is 4.72 Å². The third kappa shape index (κ3) is 2.60. The Labute approximate surface area is 120 Å². The zero-order valence-electron chi connectivity index (χ0n) is 10.6. The second kappa shape index (κ2) is 5.10. The first-order valence-electron chi connectivity index (χ1n) is 6.43. The Balaban J connectivity index is 1.81. The first kappa shape index (κ1) is 14.0. The SMILES string of the molecule is O=C(O)[C@@H]1OCC[C@@H]1NS(=O)(=O)c1sccc1C1CC1. The molecule has 3 rings (SSSR count). The van der Waals surface area contributed by atoms with E-state index < -0.39 is 28.1 Å². The summed E-state index contributed by atoms with van der Waals surface area (Å²) >= 11 is 1.18. The molecule has 0 unspecified atom stereocenters. The molecule has 2 aliphatic rings. The summed E-state index contributed by atoms with van der Waals surface area (Å²) < 4.78 is 32.7. The smallest absolute Gasteiger partial charge is 0.334 e. The molecule has 0 spiro atoms. The summed E-state index contributed by atoms with van der Waals surface area (Å²) in [7, 11) is -3.68. The molecule has 6 nitrogen and oxygen atoms in total. The predicted octanol–water partition coefficient (Wildman–Crippen LogP) is 1.15. The average Bonchev–Trinajstić information content (AvgIpc) is 2.90. The number of hydrogen-bond acceptors (Lipinski definition) is 5. The van der Waals surface area contributed by atoms with E-state index >= 15 is 0 Å². The van der Waals surface area contributed by atoms with Crippen LogP contribution in [0.25, 0.3) is 0 Å². The summed E-state index contributed by atoms with van der Waals surface area (Å²) in [5, 5.41) is 10.8. The predicted molar refractivity (Wildman–Crippen MR) is 72.4 cm³/mol. The molecule has 2 heterocycles. The van der Waals surface area contributed by atoms with Gasteiger partial charge in [-0.3, -0.25) is 0 Å². The summed E-state index contributed by atoms with van der Waals surface area (Å²) in [4.78, 5) is 11.0. The number of thiophene rings is 1. The van der Waals surface area contributed by atoms with E-state index in [1.807, 2.05) is 6.07 Å². The van der Waals surface area contributed by atoms with Crippen LogP contribution >= 0.6 is 11.3 Å². The fraction of sp³-hybridized carbons (Fsp3) is 0.583. The van der Waals surface area contributed by atoms with Crippen molar-refractivity contribution in [3.05, 3.63) is 17.0 Å². The molecule has 1 saturated carbocycles. The fourth-order valence-electron chi connectivity index (χ4n) is 2.43. The van der Waals surface area contributed by atoms with Crippen molar-refractivity contribution in [2.24, 2.45) is 0 Å². The summed E-state index contributed by atoms with van der Waals surface area (Å²) in [5.74, 6) is -0.799. The second-order valence-electron chi connectivity index (χ2n) is 5.08. The molecule has 8 heteroatoms. The Kier molecular flexibility index (Phi) is 3.57. The minimum absolute atomic E-state index is 0.254. The van der Waals surface area contributed by atoms with E-state index in [1.54, 1.807) is 5.38 Å². The minimum Gasteiger partial charge on any atom is -0.479 e. The van der Waals surface area contributed by atoms with Gasteiger partial charge in [0.1, 0.15) is 4.21 Å². The van der Waals surface area contributed by atoms with Crippen LogP contribution in [0.2, 0.25) is 0 Å². The quantitative estimate of drug-likeness (QED) is 0.849. The van der Waals surface area contributed by atoms with Crippen LogP contribution in [0.15, 0.2) is 15.7 Å². The Hall–Kier alpha value is -0.960. The summed E-state index contributed by atoms with van der Waals surface area (Å²) in [5.41, 5.74) is 0.855. The number of sulfonamides is 1. The number of carboxylic acids is 1. The molecule has 1 aliphatic carbocycles. The number of carboxylic acid groups (broad SMARTS) is 1. The van der Waals surface area contributed by atoms with Crippen LogP contribution in [0.1, 0.15) is 30.7 Å². The first-order valence-corrected chi connectivity index (χ1v) is 8.79. The number of aliphatic carboxylic acids is 1. The van der Waals surface area contributed by atoms with Crippen LogP contribution in [-0.2, 0) is 19.6 Å². The molecule has 1 aliphatic heterocycles. The standard InChI is InChI=1S/C12H15NO5S2/c14-11(15)10-9(3-5-18-10)13-20(16,17)12-8(4-6-19-12)7-1-2-7/h4,6-7,9-10,13H,1-3,5H2,(H,14,15)/t9-,10+/m0/s1. The molecule has 0 amide bonds. The summed E-state index contributed by atoms with van der Waals surface area (Å²) in [6.45, 7) is 0.254. The van der Waals surface area contributed by atoms with Gasteiger partial charge in [-0.15, -0.1) is 11.3 Å². The summed E-state index contributed by atoms with van der Waals surface area (Å²) in [6, 6.07) is 1.14. The number of nitrogens with one attached hydrogen (secondary N) is 1. The molecule has 20 heavy (non-hydrogen) atoms. The highest BCUT2D eigenvalue weighted by Gasteiger charge is 2.39. The normalized spacial score (nSPS) is 26.8. The molecule has 2 atom stereocenters. The van der Waals surface area contributed by atoms with Crippen LogP contribution in [0.5, 0.6) is 0 Å². The molecule has 2 N–H and O–H groups in total. The Bertz CT molecular complexity index is 620. The van der Waals surface area contributed by atoms with Gasteiger partial charge in [0.2, 0.25) is 0 Å². The third-order valence-corrected chi connectivity index (χ3v) is 6.57. The van der Waals surface area contributed by atoms with E-state index in [0.717, 1.165) is 18.4 Å². The maximum Gasteiger partial charge on any atom is 0.334 e. The van der Waals surface area contributed by atoms with Gasteiger partial charge in [-0.2, -0.15) is 0 Å². The maximum absolute atomic E-state index is 12.4. The average molecular weight is 317 g/mol. The molecule has 0 radical (unpaired) electrons. The van der Waals surface area contributed by atoms with Crippen molar-refractivity contribution >= 4 is 27.3 Å². The zero-order chi connectivity index (χ0) is 14.3. The molecule has 1 aromatic heterocycles. The molecule has 110 valence electrons. The second-order valence-corrected chi connectivity index (χ2v) is 7.91. The lowest BCUT2D eigenvalue weighted by atomic mass is 10.1. The van der Waals surface area contributed by atoms with Crippen LogP contribution < -0.4 is 4.72 Å². The van der Waals surface area contributed by atoms with Crippen molar-refractivity contribution in [3.8, 4) is 0 Å². The molecular weight excluding hydrogens is 302 g/mol. The van der Waals surface area contributed by atoms with Crippen molar-refractivity contribution < 1.29 is 23.1 Å². The molecule has 1 aromatic rings. The van der Waals surface area contributed by atoms with E-state index in [0.29, 0.717) is 16.5 Å². The van der Waals surface area contributed by atoms with Crippen molar-refractivity contribution in [1.29, 1.82) is 0 Å². The minimum atomic E-state index is -3.68. The highest BCUT2D eigenvalue weighted by atomic mass is 32.2. The number of ether oxygens (including phenoxy) is 1. The van der Waals surface area contributed by atoms with E-state index in [9.17, 15) is 13.2 Å². The van der Waals surface area contributed by atoms with Crippen molar-refractivity contribution in [2.75, 3.05) is 6.61 Å². The van der Waals surface area contributed by atoms with Gasteiger partial charge in [-0.1, -0.05) is 0 Å². The van der Waals surface area contributed by atoms with Gasteiger partial charge in [0.15, 0.2) is 6.10 Å². The van der Waals surface area contributed by atoms with E-state index in [4.69, 9.17) is 9.84 Å². The molecule has 2 fully saturated rings. The van der Waals surface area contributed by atoms with Gasteiger partial charge >= 0.3 is 5.97 Å². The highest BCUT2D eigenvalue weighted by molar-refractivity contribution is 7.91. The molecule has 0 aromatic carbocycles.